The first-order valence-corrected chi connectivity index (χ1v) is 10.4. The van der Waals surface area contributed by atoms with Crippen LogP contribution in [0, 0.1) is 0 Å². The van der Waals surface area contributed by atoms with E-state index in [-0.39, 0.29) is 12.1 Å². The molecule has 2 aromatic carbocycles. The lowest BCUT2D eigenvalue weighted by atomic mass is 10.2. The number of hydrogen-bond donors (Lipinski definition) is 2. The van der Waals surface area contributed by atoms with Crippen LogP contribution in [-0.4, -0.2) is 48.5 Å². The Kier molecular flexibility index (Phi) is 7.78. The number of halogens is 1. The van der Waals surface area contributed by atoms with Gasteiger partial charge in [0.15, 0.2) is 17.3 Å². The lowest BCUT2D eigenvalue weighted by molar-refractivity contribution is -0.111. The number of ether oxygens (including phenoxy) is 4. The van der Waals surface area contributed by atoms with Gasteiger partial charge >= 0.3 is 0 Å². The highest BCUT2D eigenvalue weighted by atomic mass is 35.5. The number of nitrogens with one attached hydrogen (secondary N) is 2. The maximum Gasteiger partial charge on any atom is 0.250 e. The summed E-state index contributed by atoms with van der Waals surface area (Å²) in [4.78, 5) is 16.7. The van der Waals surface area contributed by atoms with Crippen LogP contribution in [0.15, 0.2) is 36.4 Å². The van der Waals surface area contributed by atoms with E-state index in [0.29, 0.717) is 45.0 Å². The molecule has 3 aromatic rings. The minimum Gasteiger partial charge on any atom is -0.497 e. The van der Waals surface area contributed by atoms with E-state index in [1.807, 2.05) is 13.8 Å². The second kappa shape index (κ2) is 10.7. The summed E-state index contributed by atoms with van der Waals surface area (Å²) in [6, 6.07) is 8.71. The molecule has 0 spiro atoms. The van der Waals surface area contributed by atoms with Crippen LogP contribution in [0.4, 0.5) is 5.95 Å². The van der Waals surface area contributed by atoms with Crippen molar-refractivity contribution in [3.8, 4) is 34.4 Å². The SMILES string of the molecule is COc1ccc(-c2nc(NC(=O)/C=C/c3cc(Cl)c(OC(C)C)c(OC)c3)n[nH]2)c(OC)c1. The number of hydrogen-bond acceptors (Lipinski definition) is 7. The first-order valence-electron chi connectivity index (χ1n) is 10.0. The van der Waals surface area contributed by atoms with Crippen LogP contribution < -0.4 is 24.3 Å². The summed E-state index contributed by atoms with van der Waals surface area (Å²) in [7, 11) is 4.64. The Morgan fingerprint density at radius 3 is 2.52 bits per heavy atom. The van der Waals surface area contributed by atoms with Crippen molar-refractivity contribution in [2.75, 3.05) is 26.6 Å². The second-order valence-corrected chi connectivity index (χ2v) is 7.50. The third kappa shape index (κ3) is 5.95. The highest BCUT2D eigenvalue weighted by Gasteiger charge is 2.14. The summed E-state index contributed by atoms with van der Waals surface area (Å²) in [6.07, 6.45) is 2.88. The molecule has 0 aliphatic heterocycles. The van der Waals surface area contributed by atoms with Crippen LogP contribution in [0.5, 0.6) is 23.0 Å². The molecule has 1 aromatic heterocycles. The van der Waals surface area contributed by atoms with Crippen LogP contribution in [0.1, 0.15) is 19.4 Å². The van der Waals surface area contributed by atoms with Crippen molar-refractivity contribution < 1.29 is 23.7 Å². The summed E-state index contributed by atoms with van der Waals surface area (Å²) in [6.45, 7) is 3.79. The molecular formula is C23H25ClN4O5. The van der Waals surface area contributed by atoms with Crippen LogP contribution in [-0.2, 0) is 4.79 Å². The fourth-order valence-corrected chi connectivity index (χ4v) is 3.21. The van der Waals surface area contributed by atoms with Crippen molar-refractivity contribution in [2.24, 2.45) is 0 Å². The molecule has 0 atom stereocenters. The molecule has 3 rings (SSSR count). The molecule has 0 saturated carbocycles. The minimum absolute atomic E-state index is 0.0623. The molecule has 2 N–H and O–H groups in total. The second-order valence-electron chi connectivity index (χ2n) is 7.10. The van der Waals surface area contributed by atoms with Gasteiger partial charge in [0.2, 0.25) is 5.95 Å². The number of benzene rings is 2. The number of amides is 1. The number of methoxy groups -OCH3 is 3. The molecule has 33 heavy (non-hydrogen) atoms. The summed E-state index contributed by atoms with van der Waals surface area (Å²) in [5.41, 5.74) is 1.34. The van der Waals surface area contributed by atoms with Crippen LogP contribution >= 0.6 is 11.6 Å². The van der Waals surface area contributed by atoms with Crippen molar-refractivity contribution in [1.29, 1.82) is 0 Å². The lowest BCUT2D eigenvalue weighted by Crippen LogP contribution is -2.09. The average molecular weight is 473 g/mol. The number of H-pyrrole nitrogens is 1. The molecule has 0 aliphatic rings. The molecule has 0 saturated heterocycles. The van der Waals surface area contributed by atoms with Gasteiger partial charge in [-0.25, -0.2) is 0 Å². The van der Waals surface area contributed by atoms with E-state index < -0.39 is 5.91 Å². The Labute approximate surface area is 196 Å². The molecule has 10 heteroatoms. The first-order chi connectivity index (χ1) is 15.8. The Morgan fingerprint density at radius 1 is 1.09 bits per heavy atom. The monoisotopic (exact) mass is 472 g/mol. The molecular weight excluding hydrogens is 448 g/mol. The molecule has 1 amide bonds. The quantitative estimate of drug-likeness (QED) is 0.438. The average Bonchev–Trinajstić information content (AvgIpc) is 3.26. The topological polar surface area (TPSA) is 108 Å². The third-order valence-corrected chi connectivity index (χ3v) is 4.70. The van der Waals surface area contributed by atoms with E-state index in [4.69, 9.17) is 30.5 Å². The summed E-state index contributed by atoms with van der Waals surface area (Å²) in [5.74, 6) is 2.27. The van der Waals surface area contributed by atoms with Crippen molar-refractivity contribution in [1.82, 2.24) is 15.2 Å². The number of aromatic amines is 1. The van der Waals surface area contributed by atoms with Gasteiger partial charge in [0.1, 0.15) is 11.5 Å². The van der Waals surface area contributed by atoms with Gasteiger partial charge in [-0.15, -0.1) is 5.10 Å². The Hall–Kier alpha value is -3.72. The molecule has 0 radical (unpaired) electrons. The van der Waals surface area contributed by atoms with Crippen molar-refractivity contribution in [3.05, 3.63) is 47.0 Å². The number of rotatable bonds is 9. The van der Waals surface area contributed by atoms with Gasteiger partial charge in [-0.3, -0.25) is 15.2 Å². The number of carbonyl (C=O) groups excluding carboxylic acids is 1. The van der Waals surface area contributed by atoms with Gasteiger partial charge in [-0.1, -0.05) is 11.6 Å². The Morgan fingerprint density at radius 2 is 1.85 bits per heavy atom. The minimum atomic E-state index is -0.417. The van der Waals surface area contributed by atoms with E-state index >= 15 is 0 Å². The number of aromatic nitrogens is 3. The predicted molar refractivity (Wildman–Crippen MR) is 126 cm³/mol. The van der Waals surface area contributed by atoms with E-state index in [1.165, 1.54) is 13.2 Å². The Balaban J connectivity index is 1.72. The fourth-order valence-electron chi connectivity index (χ4n) is 2.94. The zero-order chi connectivity index (χ0) is 24.0. The van der Waals surface area contributed by atoms with Gasteiger partial charge in [0.25, 0.3) is 5.91 Å². The van der Waals surface area contributed by atoms with Crippen LogP contribution in [0.3, 0.4) is 0 Å². The van der Waals surface area contributed by atoms with Crippen LogP contribution in [0.25, 0.3) is 17.5 Å². The van der Waals surface area contributed by atoms with E-state index in [1.54, 1.807) is 50.6 Å². The first kappa shape index (κ1) is 23.9. The highest BCUT2D eigenvalue weighted by Crippen LogP contribution is 2.37. The highest BCUT2D eigenvalue weighted by molar-refractivity contribution is 6.32. The van der Waals surface area contributed by atoms with Gasteiger partial charge < -0.3 is 18.9 Å². The van der Waals surface area contributed by atoms with E-state index in [2.05, 4.69) is 20.5 Å². The number of carbonyl (C=O) groups is 1. The van der Waals surface area contributed by atoms with Gasteiger partial charge in [0.05, 0.1) is 38.0 Å². The van der Waals surface area contributed by atoms with Crippen LogP contribution in [0.2, 0.25) is 5.02 Å². The summed E-state index contributed by atoms with van der Waals surface area (Å²) >= 11 is 6.33. The van der Waals surface area contributed by atoms with Crippen molar-refractivity contribution in [2.45, 2.75) is 20.0 Å². The third-order valence-electron chi connectivity index (χ3n) is 4.42. The largest absolute Gasteiger partial charge is 0.497 e. The normalized spacial score (nSPS) is 11.0. The molecule has 0 aliphatic carbocycles. The molecule has 0 bridgehead atoms. The smallest absolute Gasteiger partial charge is 0.250 e. The summed E-state index contributed by atoms with van der Waals surface area (Å²) in [5, 5.41) is 9.82. The maximum atomic E-state index is 12.4. The summed E-state index contributed by atoms with van der Waals surface area (Å²) < 4.78 is 21.6. The number of anilines is 1. The zero-order valence-corrected chi connectivity index (χ0v) is 19.7. The van der Waals surface area contributed by atoms with Gasteiger partial charge in [0, 0.05) is 12.1 Å². The molecule has 174 valence electrons. The van der Waals surface area contributed by atoms with E-state index in [9.17, 15) is 4.79 Å². The van der Waals surface area contributed by atoms with Crippen molar-refractivity contribution in [3.63, 3.8) is 0 Å². The molecule has 1 heterocycles. The maximum absolute atomic E-state index is 12.4. The fraction of sp³-hybridized carbons (Fsp3) is 0.261. The lowest BCUT2D eigenvalue weighted by Gasteiger charge is -2.15. The van der Waals surface area contributed by atoms with Crippen molar-refractivity contribution >= 4 is 29.5 Å². The predicted octanol–water partition coefficient (Wildman–Crippen LogP) is 4.59. The molecule has 0 unspecified atom stereocenters. The zero-order valence-electron chi connectivity index (χ0n) is 18.9. The van der Waals surface area contributed by atoms with Gasteiger partial charge in [-0.05, 0) is 49.8 Å². The molecule has 0 fully saturated rings. The standard InChI is InChI=1S/C23H25ClN4O5/c1-13(2)33-21-17(24)10-14(11-19(21)32-5)6-9-20(29)25-23-26-22(27-28-23)16-8-7-15(30-3)12-18(16)31-4/h6-13H,1-5H3,(H2,25,26,27,28,29)/b9-6+. The van der Waals surface area contributed by atoms with Gasteiger partial charge in [-0.2, -0.15) is 4.98 Å². The Bertz CT molecular complexity index is 1160. The molecule has 9 nitrogen and oxygen atoms in total. The number of nitrogens with zero attached hydrogens (tertiary/aromatic N) is 2. The van der Waals surface area contributed by atoms with E-state index in [0.717, 1.165) is 0 Å².